The van der Waals surface area contributed by atoms with Gasteiger partial charge < -0.3 is 9.47 Å². The number of hydrogen-bond donors (Lipinski definition) is 0. The SMILES string of the molecule is C=C(C)COCC#CC(=O)OC. The summed E-state index contributed by atoms with van der Waals surface area (Å²) in [5, 5.41) is 0. The van der Waals surface area contributed by atoms with Gasteiger partial charge in [-0.2, -0.15) is 0 Å². The van der Waals surface area contributed by atoms with Crippen LogP contribution in [0.1, 0.15) is 6.92 Å². The maximum atomic E-state index is 10.4. The van der Waals surface area contributed by atoms with Crippen LogP contribution in [-0.4, -0.2) is 26.3 Å². The molecule has 0 aromatic rings. The van der Waals surface area contributed by atoms with Crippen LogP contribution in [0, 0.1) is 11.8 Å². The maximum Gasteiger partial charge on any atom is 0.384 e. The Balaban J connectivity index is 3.46. The van der Waals surface area contributed by atoms with Crippen molar-refractivity contribution in [1.82, 2.24) is 0 Å². The maximum absolute atomic E-state index is 10.4. The lowest BCUT2D eigenvalue weighted by atomic mass is 10.4. The van der Waals surface area contributed by atoms with Crippen molar-refractivity contribution in [2.75, 3.05) is 20.3 Å². The summed E-state index contributed by atoms with van der Waals surface area (Å²) in [6.45, 7) is 6.19. The molecule has 0 aromatic carbocycles. The number of carbonyl (C=O) groups excluding carboxylic acids is 1. The average molecular weight is 168 g/mol. The Hall–Kier alpha value is -1.27. The van der Waals surface area contributed by atoms with E-state index in [1.54, 1.807) is 0 Å². The van der Waals surface area contributed by atoms with Crippen LogP contribution in [0.3, 0.4) is 0 Å². The second kappa shape index (κ2) is 6.44. The summed E-state index contributed by atoms with van der Waals surface area (Å²) >= 11 is 0. The first kappa shape index (κ1) is 10.7. The lowest BCUT2D eigenvalue weighted by molar-refractivity contribution is -0.133. The van der Waals surface area contributed by atoms with Gasteiger partial charge in [-0.05, 0) is 6.92 Å². The quantitative estimate of drug-likeness (QED) is 0.205. The van der Waals surface area contributed by atoms with E-state index in [9.17, 15) is 4.79 Å². The second-order valence-corrected chi connectivity index (χ2v) is 2.24. The van der Waals surface area contributed by atoms with E-state index in [0.29, 0.717) is 6.61 Å². The van der Waals surface area contributed by atoms with Crippen LogP contribution >= 0.6 is 0 Å². The molecule has 3 nitrogen and oxygen atoms in total. The number of rotatable bonds is 3. The molecule has 0 fully saturated rings. The van der Waals surface area contributed by atoms with Crippen molar-refractivity contribution in [2.24, 2.45) is 0 Å². The first-order valence-electron chi connectivity index (χ1n) is 3.45. The summed E-state index contributed by atoms with van der Waals surface area (Å²) in [6.07, 6.45) is 0. The molecule has 0 aliphatic heterocycles. The van der Waals surface area contributed by atoms with Gasteiger partial charge in [-0.15, -0.1) is 0 Å². The highest BCUT2D eigenvalue weighted by Gasteiger charge is 1.88. The van der Waals surface area contributed by atoms with Gasteiger partial charge >= 0.3 is 5.97 Å². The van der Waals surface area contributed by atoms with Crippen LogP contribution in [0.4, 0.5) is 0 Å². The summed E-state index contributed by atoms with van der Waals surface area (Å²) in [7, 11) is 1.28. The normalized spacial score (nSPS) is 8.17. The molecule has 0 unspecified atom stereocenters. The van der Waals surface area contributed by atoms with E-state index in [2.05, 4.69) is 23.2 Å². The van der Waals surface area contributed by atoms with Crippen molar-refractivity contribution in [3.05, 3.63) is 12.2 Å². The summed E-state index contributed by atoms with van der Waals surface area (Å²) in [5.41, 5.74) is 0.926. The fourth-order valence-electron chi connectivity index (χ4n) is 0.436. The fourth-order valence-corrected chi connectivity index (χ4v) is 0.436. The molecular formula is C9H12O3. The number of carbonyl (C=O) groups is 1. The van der Waals surface area contributed by atoms with Gasteiger partial charge in [0.1, 0.15) is 6.61 Å². The third kappa shape index (κ3) is 6.84. The molecule has 0 rings (SSSR count). The molecule has 0 N–H and O–H groups in total. The molecule has 0 saturated heterocycles. The minimum Gasteiger partial charge on any atom is -0.459 e. The second-order valence-electron chi connectivity index (χ2n) is 2.24. The Morgan fingerprint density at radius 3 is 2.75 bits per heavy atom. The summed E-state index contributed by atoms with van der Waals surface area (Å²) < 4.78 is 9.30. The molecule has 0 amide bonds. The van der Waals surface area contributed by atoms with Crippen LogP contribution in [0.2, 0.25) is 0 Å². The van der Waals surface area contributed by atoms with Gasteiger partial charge in [0.2, 0.25) is 0 Å². The van der Waals surface area contributed by atoms with Crippen molar-refractivity contribution in [2.45, 2.75) is 6.92 Å². The zero-order valence-electron chi connectivity index (χ0n) is 7.35. The number of methoxy groups -OCH3 is 1. The van der Waals surface area contributed by atoms with Crippen LogP contribution in [-0.2, 0) is 14.3 Å². The van der Waals surface area contributed by atoms with E-state index in [1.807, 2.05) is 6.92 Å². The predicted octanol–water partition coefficient (Wildman–Crippen LogP) is 0.755. The minimum absolute atomic E-state index is 0.224. The van der Waals surface area contributed by atoms with Gasteiger partial charge in [0.25, 0.3) is 0 Å². The highest BCUT2D eigenvalue weighted by Crippen LogP contribution is 1.86. The van der Waals surface area contributed by atoms with E-state index in [0.717, 1.165) is 5.57 Å². The van der Waals surface area contributed by atoms with Crippen molar-refractivity contribution in [1.29, 1.82) is 0 Å². The van der Waals surface area contributed by atoms with Crippen LogP contribution in [0.25, 0.3) is 0 Å². The molecule has 3 heteroatoms. The van der Waals surface area contributed by atoms with Crippen molar-refractivity contribution in [3.8, 4) is 11.8 Å². The molecule has 0 aliphatic carbocycles. The van der Waals surface area contributed by atoms with E-state index >= 15 is 0 Å². The number of esters is 1. The zero-order chi connectivity index (χ0) is 9.40. The lowest BCUT2D eigenvalue weighted by Crippen LogP contribution is -1.98. The minimum atomic E-state index is -0.547. The fraction of sp³-hybridized carbons (Fsp3) is 0.444. The van der Waals surface area contributed by atoms with Gasteiger partial charge in [0.15, 0.2) is 0 Å². The van der Waals surface area contributed by atoms with E-state index in [4.69, 9.17) is 4.74 Å². The topological polar surface area (TPSA) is 35.5 Å². The van der Waals surface area contributed by atoms with Gasteiger partial charge in [0, 0.05) is 5.92 Å². The van der Waals surface area contributed by atoms with Gasteiger partial charge in [-0.1, -0.05) is 18.1 Å². The Bertz CT molecular complexity index is 220. The van der Waals surface area contributed by atoms with Crippen LogP contribution in [0.15, 0.2) is 12.2 Å². The van der Waals surface area contributed by atoms with E-state index in [1.165, 1.54) is 7.11 Å². The number of hydrogen-bond acceptors (Lipinski definition) is 3. The van der Waals surface area contributed by atoms with Crippen molar-refractivity contribution >= 4 is 5.97 Å². The standard InChI is InChI=1S/C9H12O3/c1-8(2)7-12-6-4-5-9(10)11-3/h1,6-7H2,2-3H3. The first-order valence-corrected chi connectivity index (χ1v) is 3.45. The summed E-state index contributed by atoms with van der Waals surface area (Å²) in [5.74, 6) is 4.20. The molecule has 0 atom stereocenters. The molecule has 0 radical (unpaired) electrons. The molecule has 0 saturated carbocycles. The molecule has 0 aliphatic rings. The van der Waals surface area contributed by atoms with Crippen LogP contribution in [0.5, 0.6) is 0 Å². The Morgan fingerprint density at radius 1 is 1.58 bits per heavy atom. The Labute approximate surface area is 72.4 Å². The molecular weight excluding hydrogens is 156 g/mol. The zero-order valence-corrected chi connectivity index (χ0v) is 7.35. The predicted molar refractivity (Wildman–Crippen MR) is 45.4 cm³/mol. The molecule has 0 spiro atoms. The van der Waals surface area contributed by atoms with Crippen LogP contribution < -0.4 is 0 Å². The molecule has 0 heterocycles. The highest BCUT2D eigenvalue weighted by atomic mass is 16.5. The molecule has 0 aromatic heterocycles. The highest BCUT2D eigenvalue weighted by molar-refractivity contribution is 5.88. The Kier molecular flexibility index (Phi) is 5.76. The largest absolute Gasteiger partial charge is 0.459 e. The first-order chi connectivity index (χ1) is 5.66. The van der Waals surface area contributed by atoms with Gasteiger partial charge in [0.05, 0.1) is 13.7 Å². The summed E-state index contributed by atoms with van der Waals surface area (Å²) in [6, 6.07) is 0. The third-order valence-electron chi connectivity index (χ3n) is 0.899. The Morgan fingerprint density at radius 2 is 2.25 bits per heavy atom. The van der Waals surface area contributed by atoms with Crippen molar-refractivity contribution < 1.29 is 14.3 Å². The molecule has 66 valence electrons. The third-order valence-corrected chi connectivity index (χ3v) is 0.899. The van der Waals surface area contributed by atoms with Gasteiger partial charge in [-0.25, -0.2) is 4.79 Å². The van der Waals surface area contributed by atoms with E-state index in [-0.39, 0.29) is 6.61 Å². The van der Waals surface area contributed by atoms with E-state index < -0.39 is 5.97 Å². The lowest BCUT2D eigenvalue weighted by Gasteiger charge is -1.95. The summed E-state index contributed by atoms with van der Waals surface area (Å²) in [4.78, 5) is 10.4. The molecule has 0 bridgehead atoms. The van der Waals surface area contributed by atoms with Crippen molar-refractivity contribution in [3.63, 3.8) is 0 Å². The van der Waals surface area contributed by atoms with Gasteiger partial charge in [-0.3, -0.25) is 0 Å². The monoisotopic (exact) mass is 168 g/mol. The average Bonchev–Trinajstić information content (AvgIpc) is 2.03. The molecule has 12 heavy (non-hydrogen) atoms. The number of ether oxygens (including phenoxy) is 2. The smallest absolute Gasteiger partial charge is 0.384 e.